The van der Waals surface area contributed by atoms with Gasteiger partial charge in [0.05, 0.1) is 23.7 Å². The average molecular weight is 524 g/mol. The van der Waals surface area contributed by atoms with Gasteiger partial charge in [0.2, 0.25) is 0 Å². The average Bonchev–Trinajstić information content (AvgIpc) is 3.59. The molecule has 2 amide bonds. The van der Waals surface area contributed by atoms with Crippen molar-refractivity contribution in [3.05, 3.63) is 34.7 Å². The standard InChI is InChI=1S/C26H35ClFN3O5/c1-26(2,3)36-25(33)30-11-13-35-21(16-30)24(32)31(18-6-7-18)15-17-14-20-19(22(27)23(17)28)8-10-29(20)9-5-12-34-4/h8,10,14,18,21H,5-7,9,11-13,15-16H2,1-4H3/t21-/m1/s1. The van der Waals surface area contributed by atoms with Crippen molar-refractivity contribution in [2.75, 3.05) is 33.4 Å². The SMILES string of the molecule is COCCCn1ccc2c(Cl)c(F)c(CN(C(=O)[C@H]3CN(C(=O)OC(C)(C)C)CCO3)C3CC3)cc21. The molecule has 8 nitrogen and oxygen atoms in total. The molecule has 0 N–H and O–H groups in total. The summed E-state index contributed by atoms with van der Waals surface area (Å²) < 4.78 is 33.7. The molecule has 198 valence electrons. The quantitative estimate of drug-likeness (QED) is 0.473. The van der Waals surface area contributed by atoms with Gasteiger partial charge in [-0.15, -0.1) is 0 Å². The van der Waals surface area contributed by atoms with E-state index in [-0.39, 0.29) is 36.7 Å². The van der Waals surface area contributed by atoms with Crippen LogP contribution in [0.1, 0.15) is 45.6 Å². The van der Waals surface area contributed by atoms with Crippen LogP contribution in [0.15, 0.2) is 18.3 Å². The first-order valence-electron chi connectivity index (χ1n) is 12.4. The number of nitrogens with zero attached hydrogens (tertiary/aromatic N) is 3. The van der Waals surface area contributed by atoms with Crippen LogP contribution < -0.4 is 0 Å². The zero-order valence-corrected chi connectivity index (χ0v) is 22.1. The topological polar surface area (TPSA) is 73.2 Å². The molecular weight excluding hydrogens is 489 g/mol. The first kappa shape index (κ1) is 26.7. The smallest absolute Gasteiger partial charge is 0.410 e. The Balaban J connectivity index is 1.53. The van der Waals surface area contributed by atoms with Gasteiger partial charge in [-0.25, -0.2) is 9.18 Å². The van der Waals surface area contributed by atoms with Gasteiger partial charge in [0.15, 0.2) is 6.10 Å². The van der Waals surface area contributed by atoms with Crippen molar-refractivity contribution >= 4 is 34.5 Å². The summed E-state index contributed by atoms with van der Waals surface area (Å²) in [6.45, 7) is 7.49. The summed E-state index contributed by atoms with van der Waals surface area (Å²) in [5.41, 5.74) is 0.547. The van der Waals surface area contributed by atoms with Gasteiger partial charge in [-0.3, -0.25) is 4.79 Å². The maximum absolute atomic E-state index is 15.3. The second kappa shape index (κ2) is 10.9. The summed E-state index contributed by atoms with van der Waals surface area (Å²) in [7, 11) is 1.66. The highest BCUT2D eigenvalue weighted by atomic mass is 35.5. The summed E-state index contributed by atoms with van der Waals surface area (Å²) in [5.74, 6) is -0.769. The summed E-state index contributed by atoms with van der Waals surface area (Å²) in [4.78, 5) is 29.2. The zero-order chi connectivity index (χ0) is 26.0. The third kappa shape index (κ3) is 6.12. The van der Waals surface area contributed by atoms with Crippen molar-refractivity contribution in [2.24, 2.45) is 0 Å². The van der Waals surface area contributed by atoms with E-state index in [4.69, 9.17) is 25.8 Å². The van der Waals surface area contributed by atoms with E-state index in [1.807, 2.05) is 16.8 Å². The maximum Gasteiger partial charge on any atom is 0.410 e. The zero-order valence-electron chi connectivity index (χ0n) is 21.4. The van der Waals surface area contributed by atoms with Gasteiger partial charge in [0, 0.05) is 56.5 Å². The van der Waals surface area contributed by atoms with Crippen LogP contribution in [0, 0.1) is 5.82 Å². The summed E-state index contributed by atoms with van der Waals surface area (Å²) in [6, 6.07) is 3.60. The number of aromatic nitrogens is 1. The van der Waals surface area contributed by atoms with E-state index in [2.05, 4.69) is 0 Å². The predicted octanol–water partition coefficient (Wildman–Crippen LogP) is 4.60. The Labute approximate surface area is 216 Å². The number of benzene rings is 1. The number of methoxy groups -OCH3 is 1. The number of fused-ring (bicyclic) bond motifs is 1. The van der Waals surface area contributed by atoms with Gasteiger partial charge in [-0.1, -0.05) is 11.6 Å². The molecule has 1 aliphatic heterocycles. The number of rotatable bonds is 8. The Bertz CT molecular complexity index is 1110. The van der Waals surface area contributed by atoms with E-state index in [1.54, 1.807) is 38.8 Å². The Morgan fingerprint density at radius 2 is 2.06 bits per heavy atom. The first-order chi connectivity index (χ1) is 17.1. The highest BCUT2D eigenvalue weighted by molar-refractivity contribution is 6.35. The van der Waals surface area contributed by atoms with Crippen LogP contribution in [0.2, 0.25) is 5.02 Å². The monoisotopic (exact) mass is 523 g/mol. The molecule has 0 radical (unpaired) electrons. The van der Waals surface area contributed by atoms with Gasteiger partial charge in [0.25, 0.3) is 5.91 Å². The number of carbonyl (C=O) groups is 2. The lowest BCUT2D eigenvalue weighted by atomic mass is 10.1. The van der Waals surface area contributed by atoms with Gasteiger partial charge in [-0.05, 0) is 52.2 Å². The van der Waals surface area contributed by atoms with E-state index in [0.29, 0.717) is 30.6 Å². The molecule has 2 fully saturated rings. The molecule has 1 saturated carbocycles. The van der Waals surface area contributed by atoms with Crippen LogP contribution in [0.25, 0.3) is 10.9 Å². The molecule has 1 aromatic heterocycles. The highest BCUT2D eigenvalue weighted by Gasteiger charge is 2.40. The number of amides is 2. The van der Waals surface area contributed by atoms with E-state index in [0.717, 1.165) is 24.8 Å². The third-order valence-electron chi connectivity index (χ3n) is 6.38. The van der Waals surface area contributed by atoms with Crippen molar-refractivity contribution in [3.63, 3.8) is 0 Å². The fourth-order valence-electron chi connectivity index (χ4n) is 4.44. The van der Waals surface area contributed by atoms with Crippen molar-refractivity contribution in [3.8, 4) is 0 Å². The van der Waals surface area contributed by atoms with Gasteiger partial charge >= 0.3 is 6.09 Å². The van der Waals surface area contributed by atoms with Crippen molar-refractivity contribution < 1.29 is 28.2 Å². The summed E-state index contributed by atoms with van der Waals surface area (Å²) in [6.07, 6.45) is 3.09. The lowest BCUT2D eigenvalue weighted by Gasteiger charge is -2.36. The van der Waals surface area contributed by atoms with Crippen LogP contribution >= 0.6 is 11.6 Å². The molecule has 10 heteroatoms. The lowest BCUT2D eigenvalue weighted by Crippen LogP contribution is -2.53. The third-order valence-corrected chi connectivity index (χ3v) is 6.75. The molecular formula is C26H35ClFN3O5. The molecule has 1 saturated heterocycles. The van der Waals surface area contributed by atoms with Crippen LogP contribution in [0.3, 0.4) is 0 Å². The number of ether oxygens (including phenoxy) is 3. The van der Waals surface area contributed by atoms with Crippen molar-refractivity contribution in [1.82, 2.24) is 14.4 Å². The Hall–Kier alpha value is -2.36. The Kier molecular flexibility index (Phi) is 8.12. The minimum atomic E-state index is -0.827. The molecule has 0 bridgehead atoms. The minimum absolute atomic E-state index is 0.0142. The molecule has 4 rings (SSSR count). The molecule has 0 unspecified atom stereocenters. The van der Waals surface area contributed by atoms with E-state index in [9.17, 15) is 9.59 Å². The van der Waals surface area contributed by atoms with Crippen LogP contribution in [-0.4, -0.2) is 77.5 Å². The number of hydrogen-bond acceptors (Lipinski definition) is 5. The lowest BCUT2D eigenvalue weighted by molar-refractivity contribution is -0.150. The fraction of sp³-hybridized carbons (Fsp3) is 0.615. The molecule has 0 spiro atoms. The number of morpholine rings is 1. The fourth-order valence-corrected chi connectivity index (χ4v) is 4.72. The molecule has 1 aliphatic carbocycles. The number of halogens is 2. The van der Waals surface area contributed by atoms with Crippen molar-refractivity contribution in [2.45, 2.75) is 70.9 Å². The number of hydrogen-bond donors (Lipinski definition) is 0. The van der Waals surface area contributed by atoms with E-state index in [1.165, 1.54) is 4.90 Å². The van der Waals surface area contributed by atoms with Gasteiger partial charge < -0.3 is 28.6 Å². The van der Waals surface area contributed by atoms with Crippen LogP contribution in [0.4, 0.5) is 9.18 Å². The van der Waals surface area contributed by atoms with E-state index >= 15 is 4.39 Å². The second-order valence-electron chi connectivity index (χ2n) is 10.4. The normalized spacial score (nSPS) is 18.5. The van der Waals surface area contributed by atoms with Gasteiger partial charge in [-0.2, -0.15) is 0 Å². The predicted molar refractivity (Wildman–Crippen MR) is 135 cm³/mol. The summed E-state index contributed by atoms with van der Waals surface area (Å²) >= 11 is 6.42. The maximum atomic E-state index is 15.3. The largest absolute Gasteiger partial charge is 0.444 e. The van der Waals surface area contributed by atoms with Gasteiger partial charge in [0.1, 0.15) is 11.4 Å². The molecule has 36 heavy (non-hydrogen) atoms. The van der Waals surface area contributed by atoms with Crippen LogP contribution in [0.5, 0.6) is 0 Å². The number of carbonyl (C=O) groups excluding carboxylic acids is 2. The first-order valence-corrected chi connectivity index (χ1v) is 12.8. The Morgan fingerprint density at radius 1 is 1.31 bits per heavy atom. The molecule has 2 aliphatic rings. The van der Waals surface area contributed by atoms with Crippen LogP contribution in [-0.2, 0) is 32.1 Å². The molecule has 1 aromatic carbocycles. The Morgan fingerprint density at radius 3 is 2.72 bits per heavy atom. The van der Waals surface area contributed by atoms with E-state index < -0.39 is 23.6 Å². The molecule has 2 aromatic rings. The molecule has 2 heterocycles. The molecule has 1 atom stereocenters. The highest BCUT2D eigenvalue weighted by Crippen LogP contribution is 2.34. The minimum Gasteiger partial charge on any atom is -0.444 e. The number of aryl methyl sites for hydroxylation is 1. The summed E-state index contributed by atoms with van der Waals surface area (Å²) in [5, 5.41) is 0.699. The second-order valence-corrected chi connectivity index (χ2v) is 10.8. The van der Waals surface area contributed by atoms with Crippen molar-refractivity contribution in [1.29, 1.82) is 0 Å².